The molecule has 2 bridgehead atoms. The van der Waals surface area contributed by atoms with Crippen molar-refractivity contribution in [1.29, 1.82) is 5.26 Å². The molecule has 0 spiro atoms. The largest absolute Gasteiger partial charge is 0.374 e. The number of fused-ring (bicyclic) bond motifs is 5. The first kappa shape index (κ1) is 10.6. The average molecular weight is 220 g/mol. The average Bonchev–Trinajstić information content (AvgIpc) is 2.95. The summed E-state index contributed by atoms with van der Waals surface area (Å²) in [6, 6.07) is 2.22. The van der Waals surface area contributed by atoms with Crippen LogP contribution in [0.15, 0.2) is 0 Å². The number of unbranched alkanes of at least 4 members (excludes halogenated alkanes) is 2. The molecule has 0 aliphatic carbocycles. The molecule has 3 aliphatic heterocycles. The summed E-state index contributed by atoms with van der Waals surface area (Å²) >= 11 is 0. The summed E-state index contributed by atoms with van der Waals surface area (Å²) in [7, 11) is 0. The quantitative estimate of drug-likeness (QED) is 0.678. The van der Waals surface area contributed by atoms with E-state index in [2.05, 4.69) is 11.0 Å². The summed E-state index contributed by atoms with van der Waals surface area (Å²) in [5, 5.41) is 8.49. The second kappa shape index (κ2) is 4.35. The van der Waals surface area contributed by atoms with Crippen LogP contribution in [0.5, 0.6) is 0 Å². The van der Waals surface area contributed by atoms with E-state index in [1.807, 2.05) is 0 Å². The summed E-state index contributed by atoms with van der Waals surface area (Å²) in [5.41, 5.74) is 0. The maximum absolute atomic E-state index is 8.49. The molecule has 0 radical (unpaired) electrons. The molecule has 0 N–H and O–H groups in total. The van der Waals surface area contributed by atoms with Crippen molar-refractivity contribution in [2.24, 2.45) is 11.8 Å². The normalized spacial score (nSPS) is 41.2. The van der Waals surface area contributed by atoms with Gasteiger partial charge in [-0.15, -0.1) is 0 Å². The van der Waals surface area contributed by atoms with Gasteiger partial charge in [0.25, 0.3) is 0 Å². The first-order valence-corrected chi connectivity index (χ1v) is 6.63. The smallest absolute Gasteiger partial charge is 0.0624 e. The van der Waals surface area contributed by atoms with Gasteiger partial charge in [-0.2, -0.15) is 5.26 Å². The molecule has 0 saturated carbocycles. The molecule has 0 unspecified atom stereocenters. The highest BCUT2D eigenvalue weighted by molar-refractivity contribution is 5.02. The second-order valence-electron chi connectivity index (χ2n) is 5.49. The van der Waals surface area contributed by atoms with Gasteiger partial charge < -0.3 is 9.64 Å². The molecule has 3 fully saturated rings. The van der Waals surface area contributed by atoms with Crippen molar-refractivity contribution in [3.8, 4) is 6.07 Å². The van der Waals surface area contributed by atoms with E-state index in [4.69, 9.17) is 10.00 Å². The topological polar surface area (TPSA) is 36.3 Å². The van der Waals surface area contributed by atoms with Crippen molar-refractivity contribution in [1.82, 2.24) is 4.90 Å². The minimum Gasteiger partial charge on any atom is -0.374 e. The zero-order valence-corrected chi connectivity index (χ0v) is 9.77. The van der Waals surface area contributed by atoms with Gasteiger partial charge in [-0.25, -0.2) is 0 Å². The minimum absolute atomic E-state index is 0.583. The molecular formula is C13H20N2O. The van der Waals surface area contributed by atoms with E-state index >= 15 is 0 Å². The van der Waals surface area contributed by atoms with Crippen molar-refractivity contribution >= 4 is 0 Å². The van der Waals surface area contributed by atoms with Crippen molar-refractivity contribution < 1.29 is 4.74 Å². The Balaban J connectivity index is 1.46. The maximum atomic E-state index is 8.49. The Morgan fingerprint density at radius 1 is 1.12 bits per heavy atom. The standard InChI is InChI=1S/C13H20N2O/c14-6-2-1-3-7-15-8-10-11(9-15)13-5-4-12(10)16-13/h10-13H,1-5,7-9H2/t10-,11+,12+,13-. The lowest BCUT2D eigenvalue weighted by atomic mass is 9.82. The first-order valence-electron chi connectivity index (χ1n) is 6.63. The van der Waals surface area contributed by atoms with E-state index in [-0.39, 0.29) is 0 Å². The van der Waals surface area contributed by atoms with Crippen molar-refractivity contribution in [3.63, 3.8) is 0 Å². The number of nitriles is 1. The fourth-order valence-electron chi connectivity index (χ4n) is 3.77. The molecule has 0 aromatic heterocycles. The fraction of sp³-hybridized carbons (Fsp3) is 0.923. The number of hydrogen-bond donors (Lipinski definition) is 0. The number of ether oxygens (including phenoxy) is 1. The minimum atomic E-state index is 0.583. The molecule has 3 rings (SSSR count). The SMILES string of the molecule is N#CCCCCN1C[C@@H]2[C@H](C1)[C@H]1CC[C@@H]2O1. The van der Waals surface area contributed by atoms with Gasteiger partial charge in [0.2, 0.25) is 0 Å². The number of rotatable bonds is 4. The predicted octanol–water partition coefficient (Wildman–Crippen LogP) is 1.79. The molecule has 3 heteroatoms. The van der Waals surface area contributed by atoms with Crippen LogP contribution in [0.3, 0.4) is 0 Å². The van der Waals surface area contributed by atoms with Crippen LogP contribution >= 0.6 is 0 Å². The monoisotopic (exact) mass is 220 g/mol. The van der Waals surface area contributed by atoms with Gasteiger partial charge in [0.05, 0.1) is 18.3 Å². The van der Waals surface area contributed by atoms with Gasteiger partial charge in [-0.1, -0.05) is 0 Å². The molecule has 0 aromatic rings. The lowest BCUT2D eigenvalue weighted by Crippen LogP contribution is -2.25. The molecule has 88 valence electrons. The van der Waals surface area contributed by atoms with E-state index in [9.17, 15) is 0 Å². The van der Waals surface area contributed by atoms with Crippen LogP contribution in [0.4, 0.5) is 0 Å². The molecule has 3 nitrogen and oxygen atoms in total. The van der Waals surface area contributed by atoms with E-state index in [1.54, 1.807) is 0 Å². The third kappa shape index (κ3) is 1.74. The van der Waals surface area contributed by atoms with Crippen molar-refractivity contribution in [2.75, 3.05) is 19.6 Å². The molecule has 16 heavy (non-hydrogen) atoms. The number of nitrogens with zero attached hydrogens (tertiary/aromatic N) is 2. The number of hydrogen-bond acceptors (Lipinski definition) is 3. The van der Waals surface area contributed by atoms with Crippen LogP contribution in [0.25, 0.3) is 0 Å². The van der Waals surface area contributed by atoms with Gasteiger partial charge in [0.15, 0.2) is 0 Å². The Bertz CT molecular complexity index is 281. The van der Waals surface area contributed by atoms with Gasteiger partial charge in [-0.3, -0.25) is 0 Å². The Labute approximate surface area is 97.4 Å². The third-order valence-corrected chi connectivity index (χ3v) is 4.54. The van der Waals surface area contributed by atoms with Crippen molar-refractivity contribution in [3.05, 3.63) is 0 Å². The van der Waals surface area contributed by atoms with Crippen LogP contribution in [0.1, 0.15) is 32.1 Å². The molecule has 0 aromatic carbocycles. The second-order valence-corrected chi connectivity index (χ2v) is 5.49. The van der Waals surface area contributed by atoms with E-state index < -0.39 is 0 Å². The lowest BCUT2D eigenvalue weighted by molar-refractivity contribution is 0.0704. The van der Waals surface area contributed by atoms with E-state index in [0.29, 0.717) is 12.2 Å². The summed E-state index contributed by atoms with van der Waals surface area (Å²) in [6.07, 6.45) is 6.73. The van der Waals surface area contributed by atoms with Gasteiger partial charge in [0, 0.05) is 31.3 Å². The van der Waals surface area contributed by atoms with Crippen LogP contribution in [0.2, 0.25) is 0 Å². The van der Waals surface area contributed by atoms with Crippen molar-refractivity contribution in [2.45, 2.75) is 44.3 Å². The summed E-state index contributed by atoms with van der Waals surface area (Å²) in [4.78, 5) is 2.60. The Kier molecular flexibility index (Phi) is 2.87. The van der Waals surface area contributed by atoms with Crippen LogP contribution in [0, 0.1) is 23.2 Å². The van der Waals surface area contributed by atoms with E-state index in [0.717, 1.165) is 24.7 Å². The molecule has 4 atom stereocenters. The van der Waals surface area contributed by atoms with Gasteiger partial charge in [0.1, 0.15) is 0 Å². The van der Waals surface area contributed by atoms with Crippen LogP contribution < -0.4 is 0 Å². The molecule has 3 heterocycles. The van der Waals surface area contributed by atoms with E-state index in [1.165, 1.54) is 38.9 Å². The van der Waals surface area contributed by atoms with Crippen LogP contribution in [-0.4, -0.2) is 36.7 Å². The summed E-state index contributed by atoms with van der Waals surface area (Å²) < 4.78 is 5.96. The molecule has 3 saturated heterocycles. The Hall–Kier alpha value is -0.590. The highest BCUT2D eigenvalue weighted by atomic mass is 16.5. The van der Waals surface area contributed by atoms with Gasteiger partial charge >= 0.3 is 0 Å². The predicted molar refractivity (Wildman–Crippen MR) is 60.8 cm³/mol. The third-order valence-electron chi connectivity index (χ3n) is 4.54. The molecular weight excluding hydrogens is 200 g/mol. The highest BCUT2D eigenvalue weighted by Gasteiger charge is 2.52. The maximum Gasteiger partial charge on any atom is 0.0624 e. The molecule has 3 aliphatic rings. The Morgan fingerprint density at radius 2 is 1.81 bits per heavy atom. The summed E-state index contributed by atoms with van der Waals surface area (Å²) in [5.74, 6) is 1.66. The lowest BCUT2D eigenvalue weighted by Gasteiger charge is -2.18. The van der Waals surface area contributed by atoms with Crippen LogP contribution in [-0.2, 0) is 4.74 Å². The fourth-order valence-corrected chi connectivity index (χ4v) is 3.77. The Morgan fingerprint density at radius 3 is 2.44 bits per heavy atom. The zero-order valence-electron chi connectivity index (χ0n) is 9.77. The molecule has 0 amide bonds. The zero-order chi connectivity index (χ0) is 11.0. The number of likely N-dealkylation sites (tertiary alicyclic amines) is 1. The van der Waals surface area contributed by atoms with Gasteiger partial charge in [-0.05, 0) is 32.2 Å². The first-order chi connectivity index (χ1) is 7.88. The highest BCUT2D eigenvalue weighted by Crippen LogP contribution is 2.47. The summed E-state index contributed by atoms with van der Waals surface area (Å²) in [6.45, 7) is 3.69.